The molecule has 3 nitrogen and oxygen atoms in total. The van der Waals surface area contributed by atoms with Crippen LogP contribution in [-0.4, -0.2) is 26.8 Å². The van der Waals surface area contributed by atoms with Gasteiger partial charge in [0.05, 0.1) is 13.2 Å². The fraction of sp³-hybridized carbons (Fsp3) is 0.571. The average Bonchev–Trinajstić information content (AvgIpc) is 2.36. The Balaban J connectivity index is 2.25. The number of para-hydroxylation sites is 2. The molecule has 0 atom stereocenters. The summed E-state index contributed by atoms with van der Waals surface area (Å²) < 4.78 is 11.2. The predicted octanol–water partition coefficient (Wildman–Crippen LogP) is 2.85. The molecule has 0 aromatic heterocycles. The molecule has 0 aliphatic heterocycles. The van der Waals surface area contributed by atoms with Crippen LogP contribution in [-0.2, 0) is 0 Å². The third-order valence-corrected chi connectivity index (χ3v) is 2.48. The Bertz CT molecular complexity index is 302. The molecule has 0 spiro atoms. The Labute approximate surface area is 104 Å². The second-order valence-corrected chi connectivity index (χ2v) is 3.89. The highest BCUT2D eigenvalue weighted by molar-refractivity contribution is 5.39. The van der Waals surface area contributed by atoms with Crippen molar-refractivity contribution in [2.45, 2.75) is 26.2 Å². The number of ether oxygens (including phenoxy) is 2. The monoisotopic (exact) mass is 237 g/mol. The zero-order chi connectivity index (χ0) is 12.3. The topological polar surface area (TPSA) is 30.5 Å². The molecule has 0 aliphatic rings. The van der Waals surface area contributed by atoms with Gasteiger partial charge in [-0.2, -0.15) is 0 Å². The summed E-state index contributed by atoms with van der Waals surface area (Å²) in [6.07, 6.45) is 3.48. The van der Waals surface area contributed by atoms with Gasteiger partial charge in [-0.25, -0.2) is 0 Å². The quantitative estimate of drug-likeness (QED) is 0.670. The number of unbranched alkanes of at least 4 members (excludes halogenated alkanes) is 2. The van der Waals surface area contributed by atoms with Crippen LogP contribution in [0.1, 0.15) is 26.2 Å². The molecule has 0 aliphatic carbocycles. The van der Waals surface area contributed by atoms with Gasteiger partial charge in [-0.1, -0.05) is 12.1 Å². The molecule has 1 aromatic rings. The highest BCUT2D eigenvalue weighted by Gasteiger charge is 2.02. The van der Waals surface area contributed by atoms with Crippen molar-refractivity contribution in [1.82, 2.24) is 5.32 Å². The highest BCUT2D eigenvalue weighted by atomic mass is 16.5. The van der Waals surface area contributed by atoms with Crippen molar-refractivity contribution in [1.29, 1.82) is 0 Å². The third kappa shape index (κ3) is 5.59. The van der Waals surface area contributed by atoms with Crippen LogP contribution in [0.5, 0.6) is 11.5 Å². The number of rotatable bonds is 9. The first-order valence-corrected chi connectivity index (χ1v) is 6.37. The number of nitrogens with one attached hydrogen (secondary N) is 1. The Morgan fingerprint density at radius 3 is 2.35 bits per heavy atom. The molecular formula is C14H23NO2. The van der Waals surface area contributed by atoms with Gasteiger partial charge < -0.3 is 14.8 Å². The van der Waals surface area contributed by atoms with Gasteiger partial charge in [0.15, 0.2) is 11.5 Å². The molecule has 0 fully saturated rings. The average molecular weight is 237 g/mol. The normalized spacial score (nSPS) is 10.2. The van der Waals surface area contributed by atoms with Crippen LogP contribution in [0.15, 0.2) is 24.3 Å². The maximum Gasteiger partial charge on any atom is 0.161 e. The molecule has 3 heteroatoms. The van der Waals surface area contributed by atoms with Crippen LogP contribution in [0.2, 0.25) is 0 Å². The second kappa shape index (κ2) is 8.88. The van der Waals surface area contributed by atoms with Crippen molar-refractivity contribution < 1.29 is 9.47 Å². The maximum atomic E-state index is 5.72. The lowest BCUT2D eigenvalue weighted by atomic mass is 10.2. The summed E-state index contributed by atoms with van der Waals surface area (Å²) in [6, 6.07) is 7.84. The molecule has 0 saturated heterocycles. The van der Waals surface area contributed by atoms with Crippen LogP contribution in [0.4, 0.5) is 0 Å². The van der Waals surface area contributed by atoms with Crippen molar-refractivity contribution in [3.05, 3.63) is 24.3 Å². The molecule has 0 radical (unpaired) electrons. The molecule has 1 aromatic carbocycles. The van der Waals surface area contributed by atoms with Crippen LogP contribution in [0.3, 0.4) is 0 Å². The molecule has 0 heterocycles. The van der Waals surface area contributed by atoms with Gasteiger partial charge in [-0.05, 0) is 51.9 Å². The minimum Gasteiger partial charge on any atom is -0.490 e. The van der Waals surface area contributed by atoms with E-state index in [9.17, 15) is 0 Å². The molecular weight excluding hydrogens is 214 g/mol. The fourth-order valence-corrected chi connectivity index (χ4v) is 1.61. The predicted molar refractivity (Wildman–Crippen MR) is 70.9 cm³/mol. The van der Waals surface area contributed by atoms with Crippen LogP contribution < -0.4 is 14.8 Å². The summed E-state index contributed by atoms with van der Waals surface area (Å²) in [6.45, 7) is 4.49. The molecule has 0 unspecified atom stereocenters. The van der Waals surface area contributed by atoms with E-state index in [1.807, 2.05) is 38.2 Å². The number of benzene rings is 1. The standard InChI is InChI=1S/C14H23NO2/c1-3-16-13-9-5-6-10-14(13)17-12-8-4-7-11-15-2/h5-6,9-10,15H,3-4,7-8,11-12H2,1-2H3. The minimum atomic E-state index is 0.669. The van der Waals surface area contributed by atoms with Crippen molar-refractivity contribution in [2.24, 2.45) is 0 Å². The van der Waals surface area contributed by atoms with Crippen LogP contribution in [0.25, 0.3) is 0 Å². The van der Waals surface area contributed by atoms with Crippen molar-refractivity contribution in [3.63, 3.8) is 0 Å². The highest BCUT2D eigenvalue weighted by Crippen LogP contribution is 2.26. The van der Waals surface area contributed by atoms with Gasteiger partial charge in [0.25, 0.3) is 0 Å². The summed E-state index contributed by atoms with van der Waals surface area (Å²) in [5.41, 5.74) is 0. The molecule has 17 heavy (non-hydrogen) atoms. The smallest absolute Gasteiger partial charge is 0.161 e. The molecule has 0 amide bonds. The van der Waals surface area contributed by atoms with Crippen molar-refractivity contribution >= 4 is 0 Å². The first-order chi connectivity index (χ1) is 8.38. The van der Waals surface area contributed by atoms with E-state index in [2.05, 4.69) is 5.32 Å². The second-order valence-electron chi connectivity index (χ2n) is 3.89. The van der Waals surface area contributed by atoms with E-state index in [0.717, 1.165) is 31.1 Å². The van der Waals surface area contributed by atoms with Gasteiger partial charge in [-0.3, -0.25) is 0 Å². The summed E-state index contributed by atoms with van der Waals surface area (Å²) in [4.78, 5) is 0. The molecule has 0 bridgehead atoms. The Hall–Kier alpha value is -1.22. The zero-order valence-corrected chi connectivity index (χ0v) is 10.9. The van der Waals surface area contributed by atoms with E-state index in [0.29, 0.717) is 6.61 Å². The van der Waals surface area contributed by atoms with Gasteiger partial charge >= 0.3 is 0 Å². The lowest BCUT2D eigenvalue weighted by Gasteiger charge is -2.11. The Morgan fingerprint density at radius 2 is 1.71 bits per heavy atom. The molecule has 1 rings (SSSR count). The number of hydrogen-bond acceptors (Lipinski definition) is 3. The van der Waals surface area contributed by atoms with Gasteiger partial charge in [0.1, 0.15) is 0 Å². The third-order valence-electron chi connectivity index (χ3n) is 2.48. The summed E-state index contributed by atoms with van der Waals surface area (Å²) >= 11 is 0. The Morgan fingerprint density at radius 1 is 1.00 bits per heavy atom. The van der Waals surface area contributed by atoms with E-state index in [4.69, 9.17) is 9.47 Å². The Kier molecular flexibility index (Phi) is 7.23. The van der Waals surface area contributed by atoms with E-state index < -0.39 is 0 Å². The lowest BCUT2D eigenvalue weighted by molar-refractivity contribution is 0.270. The molecule has 0 saturated carbocycles. The van der Waals surface area contributed by atoms with Gasteiger partial charge in [0.2, 0.25) is 0 Å². The molecule has 1 N–H and O–H groups in total. The van der Waals surface area contributed by atoms with E-state index >= 15 is 0 Å². The van der Waals surface area contributed by atoms with E-state index in [1.54, 1.807) is 0 Å². The maximum absolute atomic E-state index is 5.72. The van der Waals surface area contributed by atoms with E-state index in [1.165, 1.54) is 12.8 Å². The van der Waals surface area contributed by atoms with Crippen LogP contribution in [0, 0.1) is 0 Å². The molecule has 96 valence electrons. The summed E-state index contributed by atoms with van der Waals surface area (Å²) in [5.74, 6) is 1.69. The van der Waals surface area contributed by atoms with Crippen LogP contribution >= 0.6 is 0 Å². The number of hydrogen-bond donors (Lipinski definition) is 1. The van der Waals surface area contributed by atoms with Crippen molar-refractivity contribution in [2.75, 3.05) is 26.8 Å². The minimum absolute atomic E-state index is 0.669. The largest absolute Gasteiger partial charge is 0.490 e. The van der Waals surface area contributed by atoms with Gasteiger partial charge in [0, 0.05) is 0 Å². The van der Waals surface area contributed by atoms with E-state index in [-0.39, 0.29) is 0 Å². The fourth-order valence-electron chi connectivity index (χ4n) is 1.61. The summed E-state index contributed by atoms with van der Waals surface area (Å²) in [5, 5.41) is 3.14. The van der Waals surface area contributed by atoms with Crippen molar-refractivity contribution in [3.8, 4) is 11.5 Å². The SMILES string of the molecule is CCOc1ccccc1OCCCCCNC. The first kappa shape index (κ1) is 13.8. The van der Waals surface area contributed by atoms with Gasteiger partial charge in [-0.15, -0.1) is 0 Å². The summed E-state index contributed by atoms with van der Waals surface area (Å²) in [7, 11) is 1.98. The lowest BCUT2D eigenvalue weighted by Crippen LogP contribution is -2.08. The zero-order valence-electron chi connectivity index (χ0n) is 10.9. The first-order valence-electron chi connectivity index (χ1n) is 6.37.